The molecular formula is C17H28FN3. The molecule has 1 aromatic rings. The van der Waals surface area contributed by atoms with Crippen LogP contribution >= 0.6 is 0 Å². The summed E-state index contributed by atoms with van der Waals surface area (Å²) in [6.07, 6.45) is 4.95. The van der Waals surface area contributed by atoms with E-state index in [9.17, 15) is 4.39 Å². The van der Waals surface area contributed by atoms with E-state index in [2.05, 4.69) is 42.9 Å². The summed E-state index contributed by atoms with van der Waals surface area (Å²) in [6.45, 7) is 10.4. The molecule has 1 fully saturated rings. The lowest BCUT2D eigenvalue weighted by molar-refractivity contribution is 0.557. The summed E-state index contributed by atoms with van der Waals surface area (Å²) in [4.78, 5) is 6.79. The number of hydrogen-bond donors (Lipinski definition) is 1. The van der Waals surface area contributed by atoms with Gasteiger partial charge in [0.25, 0.3) is 0 Å². The second-order valence-corrected chi connectivity index (χ2v) is 6.78. The van der Waals surface area contributed by atoms with Gasteiger partial charge in [-0.1, -0.05) is 27.7 Å². The minimum Gasteiger partial charge on any atom is -0.353 e. The van der Waals surface area contributed by atoms with E-state index in [0.717, 1.165) is 24.3 Å². The van der Waals surface area contributed by atoms with Gasteiger partial charge in [-0.2, -0.15) is 0 Å². The molecule has 4 heteroatoms. The van der Waals surface area contributed by atoms with Crippen LogP contribution in [-0.2, 0) is 6.54 Å². The number of aromatic nitrogens is 1. The highest BCUT2D eigenvalue weighted by molar-refractivity contribution is 5.49. The van der Waals surface area contributed by atoms with E-state index in [-0.39, 0.29) is 5.82 Å². The number of anilines is 1. The molecular weight excluding hydrogens is 265 g/mol. The number of nitrogens with zero attached hydrogens (tertiary/aromatic N) is 2. The summed E-state index contributed by atoms with van der Waals surface area (Å²) < 4.78 is 13.6. The molecule has 0 atom stereocenters. The zero-order valence-electron chi connectivity index (χ0n) is 13.7. The van der Waals surface area contributed by atoms with Crippen LogP contribution in [0.5, 0.6) is 0 Å². The molecule has 0 saturated heterocycles. The van der Waals surface area contributed by atoms with Crippen LogP contribution in [0, 0.1) is 11.7 Å². The molecule has 1 aromatic heterocycles. The smallest absolute Gasteiger partial charge is 0.141 e. The van der Waals surface area contributed by atoms with Gasteiger partial charge in [-0.15, -0.1) is 0 Å². The Morgan fingerprint density at radius 2 is 2.05 bits per heavy atom. The fourth-order valence-electron chi connectivity index (χ4n) is 2.42. The minimum absolute atomic E-state index is 0.251. The van der Waals surface area contributed by atoms with E-state index in [0.29, 0.717) is 24.5 Å². The summed E-state index contributed by atoms with van der Waals surface area (Å²) in [5, 5.41) is 3.38. The molecule has 0 unspecified atom stereocenters. The van der Waals surface area contributed by atoms with Crippen LogP contribution in [0.4, 0.5) is 10.2 Å². The molecule has 3 nitrogen and oxygen atoms in total. The van der Waals surface area contributed by atoms with Crippen LogP contribution in [-0.4, -0.2) is 23.6 Å². The maximum Gasteiger partial charge on any atom is 0.141 e. The van der Waals surface area contributed by atoms with Crippen molar-refractivity contribution in [2.45, 2.75) is 65.6 Å². The lowest BCUT2D eigenvalue weighted by atomic mass is 10.1. The number of halogens is 1. The third-order valence-corrected chi connectivity index (χ3v) is 3.82. The standard InChI is InChI=1S/C17H28FN3/c1-12(2)7-8-21(16-5-6-16)17-14(10-19-13(3)4)9-15(18)11-20-17/h9,11-13,16,19H,5-8,10H2,1-4H3. The maximum absolute atomic E-state index is 13.6. The highest BCUT2D eigenvalue weighted by Crippen LogP contribution is 2.33. The van der Waals surface area contributed by atoms with Crippen LogP contribution in [0.25, 0.3) is 0 Å². The van der Waals surface area contributed by atoms with Crippen molar-refractivity contribution in [1.82, 2.24) is 10.3 Å². The molecule has 2 rings (SSSR count). The van der Waals surface area contributed by atoms with Gasteiger partial charge in [0.2, 0.25) is 0 Å². The van der Waals surface area contributed by atoms with Gasteiger partial charge in [0, 0.05) is 30.7 Å². The van der Waals surface area contributed by atoms with Crippen LogP contribution in [0.15, 0.2) is 12.3 Å². The summed E-state index contributed by atoms with van der Waals surface area (Å²) in [6, 6.07) is 2.60. The lowest BCUT2D eigenvalue weighted by Gasteiger charge is -2.27. The SMILES string of the molecule is CC(C)CCN(c1ncc(F)cc1CNC(C)C)C1CC1. The first kappa shape index (κ1) is 16.2. The third kappa shape index (κ3) is 4.95. The Bertz CT molecular complexity index is 455. The summed E-state index contributed by atoms with van der Waals surface area (Å²) >= 11 is 0. The molecule has 1 N–H and O–H groups in total. The number of nitrogens with one attached hydrogen (secondary N) is 1. The van der Waals surface area contributed by atoms with Crippen molar-refractivity contribution >= 4 is 5.82 Å². The molecule has 118 valence electrons. The summed E-state index contributed by atoms with van der Waals surface area (Å²) in [5.74, 6) is 1.38. The molecule has 1 aliphatic rings. The van der Waals surface area contributed by atoms with Crippen molar-refractivity contribution in [3.63, 3.8) is 0 Å². The van der Waals surface area contributed by atoms with Gasteiger partial charge in [-0.3, -0.25) is 0 Å². The van der Waals surface area contributed by atoms with E-state index >= 15 is 0 Å². The molecule has 21 heavy (non-hydrogen) atoms. The van der Waals surface area contributed by atoms with Crippen molar-refractivity contribution in [1.29, 1.82) is 0 Å². The Labute approximate surface area is 127 Å². The van der Waals surface area contributed by atoms with Gasteiger partial charge >= 0.3 is 0 Å². The molecule has 0 radical (unpaired) electrons. The van der Waals surface area contributed by atoms with E-state index in [1.807, 2.05) is 0 Å². The molecule has 1 saturated carbocycles. The first-order valence-corrected chi connectivity index (χ1v) is 8.11. The lowest BCUT2D eigenvalue weighted by Crippen LogP contribution is -2.31. The first-order chi connectivity index (χ1) is 9.97. The average Bonchev–Trinajstić information content (AvgIpc) is 3.22. The van der Waals surface area contributed by atoms with Crippen LogP contribution in [0.1, 0.15) is 52.5 Å². The molecule has 0 spiro atoms. The van der Waals surface area contributed by atoms with Crippen molar-refractivity contribution in [3.8, 4) is 0 Å². The monoisotopic (exact) mass is 293 g/mol. The van der Waals surface area contributed by atoms with Crippen molar-refractivity contribution in [3.05, 3.63) is 23.6 Å². The fraction of sp³-hybridized carbons (Fsp3) is 0.706. The topological polar surface area (TPSA) is 28.2 Å². The van der Waals surface area contributed by atoms with Gasteiger partial charge in [0.1, 0.15) is 11.6 Å². The van der Waals surface area contributed by atoms with E-state index in [4.69, 9.17) is 0 Å². The molecule has 1 heterocycles. The predicted molar refractivity (Wildman–Crippen MR) is 86.0 cm³/mol. The zero-order valence-corrected chi connectivity index (χ0v) is 13.7. The Morgan fingerprint density at radius 3 is 2.62 bits per heavy atom. The second-order valence-electron chi connectivity index (χ2n) is 6.78. The Kier molecular flexibility index (Phi) is 5.57. The van der Waals surface area contributed by atoms with E-state index < -0.39 is 0 Å². The summed E-state index contributed by atoms with van der Waals surface area (Å²) in [7, 11) is 0. The number of rotatable bonds is 8. The Morgan fingerprint density at radius 1 is 1.33 bits per heavy atom. The van der Waals surface area contributed by atoms with Crippen LogP contribution < -0.4 is 10.2 Å². The van der Waals surface area contributed by atoms with Crippen molar-refractivity contribution < 1.29 is 4.39 Å². The first-order valence-electron chi connectivity index (χ1n) is 8.11. The van der Waals surface area contributed by atoms with Gasteiger partial charge in [0.05, 0.1) is 6.20 Å². The van der Waals surface area contributed by atoms with E-state index in [1.165, 1.54) is 19.0 Å². The molecule has 0 bridgehead atoms. The van der Waals surface area contributed by atoms with Crippen LogP contribution in [0.2, 0.25) is 0 Å². The molecule has 1 aliphatic carbocycles. The quantitative estimate of drug-likeness (QED) is 0.791. The zero-order chi connectivity index (χ0) is 15.4. The van der Waals surface area contributed by atoms with Gasteiger partial charge in [-0.25, -0.2) is 9.37 Å². The van der Waals surface area contributed by atoms with Crippen molar-refractivity contribution in [2.75, 3.05) is 11.4 Å². The van der Waals surface area contributed by atoms with Gasteiger partial charge < -0.3 is 10.2 Å². The molecule has 0 aliphatic heterocycles. The van der Waals surface area contributed by atoms with Gasteiger partial charge in [0.15, 0.2) is 0 Å². The molecule has 0 amide bonds. The summed E-state index contributed by atoms with van der Waals surface area (Å²) in [5.41, 5.74) is 0.972. The number of hydrogen-bond acceptors (Lipinski definition) is 3. The third-order valence-electron chi connectivity index (χ3n) is 3.82. The predicted octanol–water partition coefficient (Wildman–Crippen LogP) is 3.73. The fourth-order valence-corrected chi connectivity index (χ4v) is 2.42. The normalized spacial score (nSPS) is 15.0. The molecule has 0 aromatic carbocycles. The Balaban J connectivity index is 2.17. The van der Waals surface area contributed by atoms with Crippen LogP contribution in [0.3, 0.4) is 0 Å². The van der Waals surface area contributed by atoms with Crippen molar-refractivity contribution in [2.24, 2.45) is 5.92 Å². The Hall–Kier alpha value is -1.16. The highest BCUT2D eigenvalue weighted by atomic mass is 19.1. The minimum atomic E-state index is -0.251. The van der Waals surface area contributed by atoms with E-state index in [1.54, 1.807) is 6.07 Å². The second kappa shape index (κ2) is 7.21. The average molecular weight is 293 g/mol. The highest BCUT2D eigenvalue weighted by Gasteiger charge is 2.31. The van der Waals surface area contributed by atoms with Gasteiger partial charge in [-0.05, 0) is 31.2 Å². The largest absolute Gasteiger partial charge is 0.353 e. The number of pyridine rings is 1. The maximum atomic E-state index is 13.6.